The maximum atomic E-state index is 13.2. The number of aliphatic hydroxyl groups excluding tert-OH is 1. The molecule has 0 saturated carbocycles. The fourth-order valence-electron chi connectivity index (χ4n) is 3.53. The highest BCUT2D eigenvalue weighted by molar-refractivity contribution is 8.26. The summed E-state index contributed by atoms with van der Waals surface area (Å²) in [5.41, 5.74) is 1.18. The van der Waals surface area contributed by atoms with E-state index in [0.717, 1.165) is 17.3 Å². The standard InChI is InChI=1S/C22H18N4O5S2/c27-8-6-23-19-14(20(28)25-7-2-1-3-18(25)24-19)10-17-21(29)26(22(32)33-17)11-13-4-5-15-16(9-13)31-12-30-15/h1-5,7,9-10,23,27H,6,8,11-12H2/b17-10-. The summed E-state index contributed by atoms with van der Waals surface area (Å²) in [6, 6.07) is 10.7. The number of thiocarbonyl (C=S) groups is 1. The zero-order chi connectivity index (χ0) is 22.9. The number of carbonyl (C=O) groups is 1. The Kier molecular flexibility index (Phi) is 5.75. The Labute approximate surface area is 197 Å². The molecule has 0 aliphatic carbocycles. The molecule has 4 heterocycles. The first-order valence-corrected chi connectivity index (χ1v) is 11.3. The van der Waals surface area contributed by atoms with Crippen molar-refractivity contribution in [2.75, 3.05) is 25.3 Å². The van der Waals surface area contributed by atoms with Crippen LogP contribution in [0.3, 0.4) is 0 Å². The Balaban J connectivity index is 1.48. The van der Waals surface area contributed by atoms with Crippen molar-refractivity contribution < 1.29 is 19.4 Å². The summed E-state index contributed by atoms with van der Waals surface area (Å²) in [5, 5.41) is 12.2. The van der Waals surface area contributed by atoms with Crippen LogP contribution in [0.25, 0.3) is 11.7 Å². The highest BCUT2D eigenvalue weighted by Gasteiger charge is 2.33. The fraction of sp³-hybridized carbons (Fsp3) is 0.182. The summed E-state index contributed by atoms with van der Waals surface area (Å²) in [7, 11) is 0. The van der Waals surface area contributed by atoms with Gasteiger partial charge in [-0.3, -0.25) is 18.9 Å². The second-order valence-corrected chi connectivity index (χ2v) is 8.89. The number of aromatic nitrogens is 2. The third-order valence-corrected chi connectivity index (χ3v) is 6.48. The topological polar surface area (TPSA) is 105 Å². The number of hydrogen-bond acceptors (Lipinski definition) is 9. The van der Waals surface area contributed by atoms with Crippen LogP contribution in [0.1, 0.15) is 11.1 Å². The van der Waals surface area contributed by atoms with E-state index in [4.69, 9.17) is 21.7 Å². The van der Waals surface area contributed by atoms with Crippen LogP contribution in [0.4, 0.5) is 5.82 Å². The van der Waals surface area contributed by atoms with Crippen LogP contribution in [0.5, 0.6) is 11.5 Å². The van der Waals surface area contributed by atoms with Crippen molar-refractivity contribution in [1.29, 1.82) is 0 Å². The molecule has 2 aromatic heterocycles. The number of benzene rings is 1. The molecule has 1 aromatic carbocycles. The number of thioether (sulfide) groups is 1. The second kappa shape index (κ2) is 8.85. The Hall–Kier alpha value is -3.41. The number of ether oxygens (including phenoxy) is 2. The highest BCUT2D eigenvalue weighted by Crippen LogP contribution is 2.36. The van der Waals surface area contributed by atoms with Gasteiger partial charge in [-0.25, -0.2) is 4.98 Å². The van der Waals surface area contributed by atoms with E-state index in [1.54, 1.807) is 30.5 Å². The molecular formula is C22H18N4O5S2. The molecule has 2 N–H and O–H groups in total. The van der Waals surface area contributed by atoms with Gasteiger partial charge in [0.2, 0.25) is 6.79 Å². The molecule has 0 atom stereocenters. The molecule has 1 amide bonds. The largest absolute Gasteiger partial charge is 0.454 e. The first-order valence-electron chi connectivity index (χ1n) is 10.0. The minimum atomic E-state index is -0.331. The molecule has 0 unspecified atom stereocenters. The lowest BCUT2D eigenvalue weighted by molar-refractivity contribution is -0.122. The van der Waals surface area contributed by atoms with E-state index in [9.17, 15) is 14.7 Å². The highest BCUT2D eigenvalue weighted by atomic mass is 32.2. The quantitative estimate of drug-likeness (QED) is 0.404. The summed E-state index contributed by atoms with van der Waals surface area (Å²) in [4.78, 5) is 32.6. The fourth-order valence-corrected chi connectivity index (χ4v) is 4.77. The van der Waals surface area contributed by atoms with Crippen molar-refractivity contribution in [2.45, 2.75) is 6.54 Å². The average molecular weight is 483 g/mol. The molecule has 2 aliphatic rings. The van der Waals surface area contributed by atoms with Gasteiger partial charge in [0, 0.05) is 12.7 Å². The zero-order valence-electron chi connectivity index (χ0n) is 17.2. The minimum absolute atomic E-state index is 0.132. The van der Waals surface area contributed by atoms with Crippen LogP contribution in [-0.2, 0) is 11.3 Å². The first-order chi connectivity index (χ1) is 16.0. The number of hydrogen-bond donors (Lipinski definition) is 2. The Morgan fingerprint density at radius 2 is 2.06 bits per heavy atom. The van der Waals surface area contributed by atoms with Crippen LogP contribution >= 0.6 is 24.0 Å². The number of anilines is 1. The third kappa shape index (κ3) is 4.06. The van der Waals surface area contributed by atoms with Crippen molar-refractivity contribution >= 4 is 51.7 Å². The van der Waals surface area contributed by atoms with Gasteiger partial charge in [-0.2, -0.15) is 0 Å². The molecule has 1 saturated heterocycles. The van der Waals surface area contributed by atoms with Gasteiger partial charge in [0.05, 0.1) is 23.6 Å². The smallest absolute Gasteiger partial charge is 0.267 e. The predicted molar refractivity (Wildman–Crippen MR) is 128 cm³/mol. The van der Waals surface area contributed by atoms with Crippen LogP contribution in [0, 0.1) is 0 Å². The first kappa shape index (κ1) is 21.4. The normalized spacial score (nSPS) is 16.3. The second-order valence-electron chi connectivity index (χ2n) is 7.21. The van der Waals surface area contributed by atoms with E-state index in [0.29, 0.717) is 32.2 Å². The van der Waals surface area contributed by atoms with Crippen LogP contribution in [-0.4, -0.2) is 49.6 Å². The Bertz CT molecular complexity index is 1370. The minimum Gasteiger partial charge on any atom is -0.454 e. The van der Waals surface area contributed by atoms with Crippen molar-refractivity contribution in [3.8, 4) is 11.5 Å². The van der Waals surface area contributed by atoms with Crippen molar-refractivity contribution in [2.24, 2.45) is 0 Å². The van der Waals surface area contributed by atoms with Crippen LogP contribution < -0.4 is 20.3 Å². The summed E-state index contributed by atoms with van der Waals surface area (Å²) in [5.74, 6) is 1.29. The molecule has 11 heteroatoms. The number of pyridine rings is 1. The van der Waals surface area contributed by atoms with E-state index < -0.39 is 0 Å². The molecule has 9 nitrogen and oxygen atoms in total. The summed E-state index contributed by atoms with van der Waals surface area (Å²) in [6.45, 7) is 0.516. The van der Waals surface area contributed by atoms with Gasteiger partial charge in [0.1, 0.15) is 15.8 Å². The third-order valence-electron chi connectivity index (χ3n) is 5.10. The lowest BCUT2D eigenvalue weighted by atomic mass is 10.2. The monoisotopic (exact) mass is 482 g/mol. The van der Waals surface area contributed by atoms with Gasteiger partial charge in [-0.05, 0) is 35.9 Å². The maximum Gasteiger partial charge on any atom is 0.267 e. The summed E-state index contributed by atoms with van der Waals surface area (Å²) in [6.07, 6.45) is 3.12. The van der Waals surface area contributed by atoms with Crippen LogP contribution in [0.2, 0.25) is 0 Å². The van der Waals surface area contributed by atoms with Gasteiger partial charge in [-0.1, -0.05) is 36.1 Å². The van der Waals surface area contributed by atoms with Gasteiger partial charge in [0.15, 0.2) is 11.5 Å². The van der Waals surface area contributed by atoms with Gasteiger partial charge < -0.3 is 19.9 Å². The van der Waals surface area contributed by atoms with Gasteiger partial charge in [0.25, 0.3) is 11.5 Å². The van der Waals surface area contributed by atoms with E-state index >= 15 is 0 Å². The molecule has 33 heavy (non-hydrogen) atoms. The number of aliphatic hydroxyl groups is 1. The molecule has 2 aliphatic heterocycles. The lowest BCUT2D eigenvalue weighted by Gasteiger charge is -2.14. The molecule has 5 rings (SSSR count). The summed E-state index contributed by atoms with van der Waals surface area (Å²) >= 11 is 6.57. The maximum absolute atomic E-state index is 13.2. The number of rotatable bonds is 6. The molecule has 0 bridgehead atoms. The summed E-state index contributed by atoms with van der Waals surface area (Å²) < 4.78 is 12.5. The number of amides is 1. The molecule has 3 aromatic rings. The van der Waals surface area contributed by atoms with Crippen LogP contribution in [0.15, 0.2) is 52.3 Å². The number of nitrogens with one attached hydrogen (secondary N) is 1. The predicted octanol–water partition coefficient (Wildman–Crippen LogP) is 2.23. The molecule has 168 valence electrons. The molecule has 1 fully saturated rings. The Morgan fingerprint density at radius 3 is 2.91 bits per heavy atom. The molecule has 0 spiro atoms. The van der Waals surface area contributed by atoms with Gasteiger partial charge >= 0.3 is 0 Å². The van der Waals surface area contributed by atoms with Crippen molar-refractivity contribution in [3.05, 3.63) is 69.0 Å². The number of fused-ring (bicyclic) bond motifs is 2. The van der Waals surface area contributed by atoms with E-state index in [1.807, 2.05) is 12.1 Å². The van der Waals surface area contributed by atoms with Crippen molar-refractivity contribution in [1.82, 2.24) is 14.3 Å². The number of carbonyl (C=O) groups excluding carboxylic acids is 1. The number of nitrogens with zero attached hydrogens (tertiary/aromatic N) is 3. The zero-order valence-corrected chi connectivity index (χ0v) is 18.8. The van der Waals surface area contributed by atoms with E-state index in [-0.39, 0.29) is 43.5 Å². The van der Waals surface area contributed by atoms with E-state index in [2.05, 4.69) is 10.3 Å². The Morgan fingerprint density at radius 1 is 1.21 bits per heavy atom. The SMILES string of the molecule is O=C1/C(=C/c2c(NCCO)nc3ccccn3c2=O)SC(=S)N1Cc1ccc2c(c1)OCO2. The molecule has 0 radical (unpaired) electrons. The van der Waals surface area contributed by atoms with Gasteiger partial charge in [-0.15, -0.1) is 0 Å². The molecular weight excluding hydrogens is 464 g/mol. The average Bonchev–Trinajstić information content (AvgIpc) is 3.39. The lowest BCUT2D eigenvalue weighted by Crippen LogP contribution is -2.27. The van der Waals surface area contributed by atoms with E-state index in [1.165, 1.54) is 15.4 Å². The van der Waals surface area contributed by atoms with Crippen molar-refractivity contribution in [3.63, 3.8) is 0 Å².